The molecule has 2 aromatic rings. The maximum atomic E-state index is 13.2. The summed E-state index contributed by atoms with van der Waals surface area (Å²) in [4.78, 5) is 41.3. The first-order chi connectivity index (χ1) is 14.3. The summed E-state index contributed by atoms with van der Waals surface area (Å²) >= 11 is 5.82. The Balaban J connectivity index is 1.57. The fraction of sp³-hybridized carbons (Fsp3) is 0.286. The highest BCUT2D eigenvalue weighted by molar-refractivity contribution is 6.30. The van der Waals surface area contributed by atoms with E-state index in [-0.39, 0.29) is 19.7 Å². The Morgan fingerprint density at radius 2 is 1.77 bits per heavy atom. The van der Waals surface area contributed by atoms with E-state index in [1.165, 1.54) is 34.1 Å². The van der Waals surface area contributed by atoms with E-state index in [1.54, 1.807) is 38.2 Å². The number of anilines is 1. The normalized spacial score (nSPS) is 16.2. The average Bonchev–Trinajstić information content (AvgIpc) is 2.93. The van der Waals surface area contributed by atoms with Crippen LogP contribution in [0, 0.1) is 5.82 Å². The third-order valence-corrected chi connectivity index (χ3v) is 5.03. The standard InChI is InChI=1S/C21H21ClFN3O4/c1-14-20(28)25(21(29)26(14)17-7-5-16(23)6-8-17)13-19(27)24(2)11-12-30-18-9-3-15(22)4-10-18/h3-10,14H,11-13H2,1-2H3. The van der Waals surface area contributed by atoms with Crippen molar-refractivity contribution in [3.05, 3.63) is 59.4 Å². The Bertz CT molecular complexity index is 936. The first kappa shape index (κ1) is 21.6. The molecule has 0 bridgehead atoms. The summed E-state index contributed by atoms with van der Waals surface area (Å²) in [6.07, 6.45) is 0. The molecule has 1 aliphatic rings. The second-order valence-corrected chi connectivity index (χ2v) is 7.28. The average molecular weight is 434 g/mol. The van der Waals surface area contributed by atoms with Gasteiger partial charge in [0, 0.05) is 17.8 Å². The van der Waals surface area contributed by atoms with Crippen molar-refractivity contribution in [2.24, 2.45) is 0 Å². The van der Waals surface area contributed by atoms with Gasteiger partial charge >= 0.3 is 6.03 Å². The van der Waals surface area contributed by atoms with Gasteiger partial charge in [0.25, 0.3) is 5.91 Å². The lowest BCUT2D eigenvalue weighted by Gasteiger charge is -2.21. The minimum absolute atomic E-state index is 0.240. The van der Waals surface area contributed by atoms with Gasteiger partial charge in [-0.3, -0.25) is 19.4 Å². The number of urea groups is 1. The van der Waals surface area contributed by atoms with Crippen LogP contribution in [-0.4, -0.2) is 60.4 Å². The summed E-state index contributed by atoms with van der Waals surface area (Å²) in [6, 6.07) is 10.7. The molecule has 0 aliphatic carbocycles. The van der Waals surface area contributed by atoms with E-state index in [4.69, 9.17) is 16.3 Å². The van der Waals surface area contributed by atoms with Gasteiger partial charge in [0.1, 0.15) is 30.8 Å². The van der Waals surface area contributed by atoms with Crippen molar-refractivity contribution >= 4 is 35.1 Å². The van der Waals surface area contributed by atoms with Crippen LogP contribution in [0.1, 0.15) is 6.92 Å². The monoisotopic (exact) mass is 433 g/mol. The summed E-state index contributed by atoms with van der Waals surface area (Å²) < 4.78 is 18.7. The molecule has 158 valence electrons. The first-order valence-corrected chi connectivity index (χ1v) is 9.68. The SMILES string of the molecule is CC1C(=O)N(CC(=O)N(C)CCOc2ccc(Cl)cc2)C(=O)N1c1ccc(F)cc1. The van der Waals surface area contributed by atoms with Crippen molar-refractivity contribution in [2.45, 2.75) is 13.0 Å². The lowest BCUT2D eigenvalue weighted by atomic mass is 10.2. The largest absolute Gasteiger partial charge is 0.492 e. The van der Waals surface area contributed by atoms with Crippen molar-refractivity contribution in [2.75, 3.05) is 31.6 Å². The number of imide groups is 1. The molecule has 1 aliphatic heterocycles. The molecule has 0 aromatic heterocycles. The lowest BCUT2D eigenvalue weighted by Crippen LogP contribution is -2.43. The van der Waals surface area contributed by atoms with Crippen molar-refractivity contribution < 1.29 is 23.5 Å². The Hall–Kier alpha value is -3.13. The zero-order chi connectivity index (χ0) is 21.8. The number of ether oxygens (including phenoxy) is 1. The van der Waals surface area contributed by atoms with Crippen LogP contribution in [0.4, 0.5) is 14.9 Å². The van der Waals surface area contributed by atoms with Crippen LogP contribution in [0.25, 0.3) is 0 Å². The summed E-state index contributed by atoms with van der Waals surface area (Å²) in [5.74, 6) is -0.708. The number of amides is 4. The van der Waals surface area contributed by atoms with Crippen molar-refractivity contribution in [3.8, 4) is 5.75 Å². The van der Waals surface area contributed by atoms with Gasteiger partial charge in [0.15, 0.2) is 0 Å². The van der Waals surface area contributed by atoms with Crippen LogP contribution in [0.2, 0.25) is 5.02 Å². The second-order valence-electron chi connectivity index (χ2n) is 6.85. The number of hydrogen-bond donors (Lipinski definition) is 0. The Labute approximate surface area is 178 Å². The molecule has 4 amide bonds. The molecular formula is C21H21ClFN3O4. The van der Waals surface area contributed by atoms with Gasteiger partial charge in [-0.05, 0) is 55.5 Å². The van der Waals surface area contributed by atoms with E-state index < -0.39 is 29.7 Å². The Morgan fingerprint density at radius 3 is 2.40 bits per heavy atom. The third kappa shape index (κ3) is 4.71. The summed E-state index contributed by atoms with van der Waals surface area (Å²) in [5, 5.41) is 0.596. The van der Waals surface area contributed by atoms with Crippen LogP contribution < -0.4 is 9.64 Å². The molecule has 0 spiro atoms. The zero-order valence-electron chi connectivity index (χ0n) is 16.5. The van der Waals surface area contributed by atoms with Gasteiger partial charge in [-0.1, -0.05) is 11.6 Å². The number of carbonyl (C=O) groups excluding carboxylic acids is 3. The highest BCUT2D eigenvalue weighted by Gasteiger charge is 2.44. The number of halogens is 2. The molecule has 0 N–H and O–H groups in total. The van der Waals surface area contributed by atoms with Crippen LogP contribution in [0.15, 0.2) is 48.5 Å². The van der Waals surface area contributed by atoms with Gasteiger partial charge in [-0.15, -0.1) is 0 Å². The minimum Gasteiger partial charge on any atom is -0.492 e. The number of nitrogens with zero attached hydrogens (tertiary/aromatic N) is 3. The molecule has 0 radical (unpaired) electrons. The highest BCUT2D eigenvalue weighted by Crippen LogP contribution is 2.26. The van der Waals surface area contributed by atoms with E-state index in [9.17, 15) is 18.8 Å². The molecule has 1 atom stereocenters. The summed E-state index contributed by atoms with van der Waals surface area (Å²) in [7, 11) is 1.57. The predicted molar refractivity (Wildman–Crippen MR) is 110 cm³/mol. The molecule has 0 saturated carbocycles. The topological polar surface area (TPSA) is 70.2 Å². The van der Waals surface area contributed by atoms with E-state index >= 15 is 0 Å². The minimum atomic E-state index is -0.783. The molecule has 3 rings (SSSR count). The summed E-state index contributed by atoms with van der Waals surface area (Å²) in [5.41, 5.74) is 0.391. The number of carbonyl (C=O) groups is 3. The fourth-order valence-electron chi connectivity index (χ4n) is 3.02. The van der Waals surface area contributed by atoms with Gasteiger partial charge in [-0.25, -0.2) is 9.18 Å². The maximum absolute atomic E-state index is 13.2. The molecule has 9 heteroatoms. The van der Waals surface area contributed by atoms with Crippen LogP contribution in [0.5, 0.6) is 5.75 Å². The molecule has 30 heavy (non-hydrogen) atoms. The molecule has 1 unspecified atom stereocenters. The van der Waals surface area contributed by atoms with E-state index in [0.29, 0.717) is 16.5 Å². The van der Waals surface area contributed by atoms with Crippen molar-refractivity contribution in [1.29, 1.82) is 0 Å². The van der Waals surface area contributed by atoms with Gasteiger partial charge in [0.05, 0.1) is 6.54 Å². The molecule has 1 fully saturated rings. The summed E-state index contributed by atoms with van der Waals surface area (Å²) in [6.45, 7) is 1.70. The van der Waals surface area contributed by atoms with Gasteiger partial charge in [0.2, 0.25) is 5.91 Å². The van der Waals surface area contributed by atoms with Crippen LogP contribution in [0.3, 0.4) is 0 Å². The number of hydrogen-bond acceptors (Lipinski definition) is 4. The first-order valence-electron chi connectivity index (χ1n) is 9.30. The molecule has 1 heterocycles. The lowest BCUT2D eigenvalue weighted by molar-refractivity contribution is -0.136. The van der Waals surface area contributed by atoms with Crippen molar-refractivity contribution in [3.63, 3.8) is 0 Å². The fourth-order valence-corrected chi connectivity index (χ4v) is 3.15. The number of benzene rings is 2. The zero-order valence-corrected chi connectivity index (χ0v) is 17.3. The number of likely N-dealkylation sites (N-methyl/N-ethyl adjacent to an activating group) is 1. The van der Waals surface area contributed by atoms with Crippen molar-refractivity contribution in [1.82, 2.24) is 9.80 Å². The highest BCUT2D eigenvalue weighted by atomic mass is 35.5. The molecule has 7 nitrogen and oxygen atoms in total. The Morgan fingerprint density at radius 1 is 1.13 bits per heavy atom. The van der Waals surface area contributed by atoms with Gasteiger partial charge in [-0.2, -0.15) is 0 Å². The molecule has 1 saturated heterocycles. The van der Waals surface area contributed by atoms with E-state index in [0.717, 1.165) is 4.90 Å². The third-order valence-electron chi connectivity index (χ3n) is 4.78. The molecular weight excluding hydrogens is 413 g/mol. The molecule has 2 aromatic carbocycles. The smallest absolute Gasteiger partial charge is 0.332 e. The number of rotatable bonds is 7. The predicted octanol–water partition coefficient (Wildman–Crippen LogP) is 3.17. The Kier molecular flexibility index (Phi) is 6.56. The van der Waals surface area contributed by atoms with Crippen LogP contribution >= 0.6 is 11.6 Å². The van der Waals surface area contributed by atoms with Crippen LogP contribution in [-0.2, 0) is 9.59 Å². The van der Waals surface area contributed by atoms with Gasteiger partial charge < -0.3 is 9.64 Å². The quantitative estimate of drug-likeness (QED) is 0.629. The van der Waals surface area contributed by atoms with E-state index in [1.807, 2.05) is 0 Å². The maximum Gasteiger partial charge on any atom is 0.332 e. The van der Waals surface area contributed by atoms with E-state index in [2.05, 4.69) is 0 Å². The second kappa shape index (κ2) is 9.13.